The van der Waals surface area contributed by atoms with Gasteiger partial charge in [0.05, 0.1) is 0 Å². The van der Waals surface area contributed by atoms with Gasteiger partial charge in [0, 0.05) is 19.6 Å². The molecule has 0 aliphatic carbocycles. The normalized spacial score (nSPS) is 16.9. The maximum Gasteiger partial charge on any atom is 0.148 e. The number of hydrogen-bond acceptors (Lipinski definition) is 4. The Labute approximate surface area is 117 Å². The molecule has 1 fully saturated rings. The molecule has 1 N–H and O–H groups in total. The Morgan fingerprint density at radius 3 is 2.78 bits per heavy atom. The van der Waals surface area contributed by atoms with E-state index in [1.165, 1.54) is 12.8 Å². The van der Waals surface area contributed by atoms with Gasteiger partial charge < -0.3 is 10.2 Å². The summed E-state index contributed by atoms with van der Waals surface area (Å²) >= 11 is 3.63. The van der Waals surface area contributed by atoms with Crippen molar-refractivity contribution in [2.24, 2.45) is 5.92 Å². The predicted octanol–water partition coefficient (Wildman–Crippen LogP) is 3.30. The third kappa shape index (κ3) is 3.13. The van der Waals surface area contributed by atoms with E-state index in [0.717, 1.165) is 48.1 Å². The molecule has 0 amide bonds. The van der Waals surface area contributed by atoms with E-state index in [1.54, 1.807) is 6.33 Å². The van der Waals surface area contributed by atoms with E-state index < -0.39 is 0 Å². The van der Waals surface area contributed by atoms with Gasteiger partial charge in [-0.25, -0.2) is 9.97 Å². The largest absolute Gasteiger partial charge is 0.369 e. The van der Waals surface area contributed by atoms with E-state index in [-0.39, 0.29) is 0 Å². The highest BCUT2D eigenvalue weighted by molar-refractivity contribution is 9.10. The molecule has 0 atom stereocenters. The van der Waals surface area contributed by atoms with Crippen molar-refractivity contribution in [2.45, 2.75) is 33.1 Å². The minimum absolute atomic E-state index is 0.833. The van der Waals surface area contributed by atoms with E-state index >= 15 is 0 Å². The summed E-state index contributed by atoms with van der Waals surface area (Å²) in [5.41, 5.74) is 0. The maximum absolute atomic E-state index is 4.42. The van der Waals surface area contributed by atoms with Crippen molar-refractivity contribution in [1.82, 2.24) is 9.97 Å². The average Bonchev–Trinajstić information content (AvgIpc) is 2.39. The Kier molecular flexibility index (Phi) is 4.80. The number of hydrogen-bond donors (Lipinski definition) is 1. The van der Waals surface area contributed by atoms with Crippen LogP contribution in [0.15, 0.2) is 10.8 Å². The van der Waals surface area contributed by atoms with E-state index in [9.17, 15) is 0 Å². The lowest BCUT2D eigenvalue weighted by atomic mass is 9.99. The van der Waals surface area contributed by atoms with Crippen LogP contribution in [0.5, 0.6) is 0 Å². The van der Waals surface area contributed by atoms with Crippen LogP contribution in [0.2, 0.25) is 0 Å². The zero-order valence-corrected chi connectivity index (χ0v) is 12.7. The molecule has 4 nitrogen and oxygen atoms in total. The molecule has 0 unspecified atom stereocenters. The van der Waals surface area contributed by atoms with Crippen LogP contribution in [-0.2, 0) is 0 Å². The molecule has 1 saturated heterocycles. The highest BCUT2D eigenvalue weighted by Gasteiger charge is 2.20. The van der Waals surface area contributed by atoms with Crippen LogP contribution in [0, 0.1) is 5.92 Å². The molecular weight excluding hydrogens is 292 g/mol. The summed E-state index contributed by atoms with van der Waals surface area (Å²) in [5, 5.41) is 3.33. The lowest BCUT2D eigenvalue weighted by molar-refractivity contribution is 0.436. The van der Waals surface area contributed by atoms with Crippen molar-refractivity contribution in [3.63, 3.8) is 0 Å². The number of nitrogens with one attached hydrogen (secondary N) is 1. The molecule has 1 aliphatic heterocycles. The summed E-state index contributed by atoms with van der Waals surface area (Å²) in [7, 11) is 0. The van der Waals surface area contributed by atoms with Crippen LogP contribution in [0.25, 0.3) is 0 Å². The molecule has 1 aromatic rings. The molecule has 2 rings (SSSR count). The quantitative estimate of drug-likeness (QED) is 0.926. The fourth-order valence-electron chi connectivity index (χ4n) is 2.17. The van der Waals surface area contributed by atoms with Gasteiger partial charge in [0.15, 0.2) is 0 Å². The number of piperidine rings is 1. The number of rotatable bonds is 4. The van der Waals surface area contributed by atoms with E-state index in [1.807, 2.05) is 0 Å². The van der Waals surface area contributed by atoms with Gasteiger partial charge in [0.1, 0.15) is 22.4 Å². The van der Waals surface area contributed by atoms with Gasteiger partial charge in [-0.15, -0.1) is 0 Å². The number of nitrogens with zero attached hydrogens (tertiary/aromatic N) is 3. The van der Waals surface area contributed by atoms with Crippen molar-refractivity contribution >= 4 is 27.6 Å². The average molecular weight is 313 g/mol. The molecule has 0 bridgehead atoms. The molecule has 1 aromatic heterocycles. The second-order valence-corrected chi connectivity index (χ2v) is 5.75. The lowest BCUT2D eigenvalue weighted by Crippen LogP contribution is -2.33. The van der Waals surface area contributed by atoms with Crippen molar-refractivity contribution in [2.75, 3.05) is 29.9 Å². The van der Waals surface area contributed by atoms with Crippen LogP contribution in [-0.4, -0.2) is 29.6 Å². The van der Waals surface area contributed by atoms with E-state index in [2.05, 4.69) is 50.0 Å². The Bertz CT molecular complexity index is 389. The number of halogens is 1. The third-order valence-electron chi connectivity index (χ3n) is 3.40. The summed E-state index contributed by atoms with van der Waals surface area (Å²) in [4.78, 5) is 11.1. The van der Waals surface area contributed by atoms with Gasteiger partial charge >= 0.3 is 0 Å². The number of anilines is 2. The molecular formula is C13H21BrN4. The topological polar surface area (TPSA) is 41.1 Å². The summed E-state index contributed by atoms with van der Waals surface area (Å²) in [5.74, 6) is 2.76. The molecule has 0 radical (unpaired) electrons. The fraction of sp³-hybridized carbons (Fsp3) is 0.692. The van der Waals surface area contributed by atoms with Crippen molar-refractivity contribution in [1.29, 1.82) is 0 Å². The van der Waals surface area contributed by atoms with Gasteiger partial charge in [-0.05, 0) is 41.1 Å². The van der Waals surface area contributed by atoms with Crippen LogP contribution >= 0.6 is 15.9 Å². The molecule has 5 heteroatoms. The highest BCUT2D eigenvalue weighted by atomic mass is 79.9. The first-order chi connectivity index (χ1) is 8.72. The van der Waals surface area contributed by atoms with Gasteiger partial charge in [0.25, 0.3) is 0 Å². The predicted molar refractivity (Wildman–Crippen MR) is 79.1 cm³/mol. The second-order valence-electron chi connectivity index (χ2n) is 4.96. The summed E-state index contributed by atoms with van der Waals surface area (Å²) in [6, 6.07) is 0. The van der Waals surface area contributed by atoms with Gasteiger partial charge in [-0.1, -0.05) is 13.8 Å². The molecule has 100 valence electrons. The zero-order chi connectivity index (χ0) is 13.0. The molecule has 2 heterocycles. The molecule has 0 saturated carbocycles. The molecule has 18 heavy (non-hydrogen) atoms. The van der Waals surface area contributed by atoms with Crippen molar-refractivity contribution in [3.05, 3.63) is 10.8 Å². The first-order valence-corrected chi connectivity index (χ1v) is 7.51. The highest BCUT2D eigenvalue weighted by Crippen LogP contribution is 2.31. The molecule has 1 aliphatic rings. The first kappa shape index (κ1) is 13.6. The fourth-order valence-corrected chi connectivity index (χ4v) is 2.76. The Hall–Kier alpha value is -0.840. The maximum atomic E-state index is 4.42. The monoisotopic (exact) mass is 312 g/mol. The smallest absolute Gasteiger partial charge is 0.148 e. The Morgan fingerprint density at radius 1 is 1.39 bits per heavy atom. The summed E-state index contributed by atoms with van der Waals surface area (Å²) < 4.78 is 0.994. The van der Waals surface area contributed by atoms with Crippen LogP contribution in [0.4, 0.5) is 11.6 Å². The van der Waals surface area contributed by atoms with Crippen LogP contribution < -0.4 is 10.2 Å². The minimum atomic E-state index is 0.833. The lowest BCUT2D eigenvalue weighted by Gasteiger charge is -2.31. The summed E-state index contributed by atoms with van der Waals surface area (Å²) in [6.45, 7) is 7.58. The van der Waals surface area contributed by atoms with Crippen molar-refractivity contribution < 1.29 is 0 Å². The van der Waals surface area contributed by atoms with Gasteiger partial charge in [-0.3, -0.25) is 0 Å². The summed E-state index contributed by atoms with van der Waals surface area (Å²) in [6.07, 6.45) is 5.23. The third-order valence-corrected chi connectivity index (χ3v) is 4.13. The zero-order valence-electron chi connectivity index (χ0n) is 11.1. The Morgan fingerprint density at radius 2 is 2.11 bits per heavy atom. The first-order valence-electron chi connectivity index (χ1n) is 6.71. The second kappa shape index (κ2) is 6.36. The molecule has 0 spiro atoms. The van der Waals surface area contributed by atoms with Crippen molar-refractivity contribution in [3.8, 4) is 0 Å². The minimum Gasteiger partial charge on any atom is -0.369 e. The van der Waals surface area contributed by atoms with E-state index in [4.69, 9.17) is 0 Å². The Balaban J connectivity index is 2.12. The van der Waals surface area contributed by atoms with E-state index in [0.29, 0.717) is 0 Å². The van der Waals surface area contributed by atoms with Crippen LogP contribution in [0.3, 0.4) is 0 Å². The van der Waals surface area contributed by atoms with Gasteiger partial charge in [-0.2, -0.15) is 0 Å². The van der Waals surface area contributed by atoms with Gasteiger partial charge in [0.2, 0.25) is 0 Å². The number of aromatic nitrogens is 2. The SMILES string of the molecule is CCCNc1ncnc(N2CCC(C)CC2)c1Br. The standard InChI is InChI=1S/C13H21BrN4/c1-3-6-15-12-11(14)13(17-9-16-12)18-7-4-10(2)5-8-18/h9-10H,3-8H2,1-2H3,(H,15,16,17). The molecule has 0 aromatic carbocycles. The van der Waals surface area contributed by atoms with Crippen LogP contribution in [0.1, 0.15) is 33.1 Å².